The van der Waals surface area contributed by atoms with E-state index < -0.39 is 0 Å². The molecule has 0 saturated heterocycles. The molecule has 18 heavy (non-hydrogen) atoms. The number of rotatable bonds is 4. The molecule has 94 valence electrons. The Hall–Kier alpha value is -2.10. The molecule has 1 unspecified atom stereocenters. The second-order valence-electron chi connectivity index (χ2n) is 4.08. The molecule has 0 aliphatic rings. The van der Waals surface area contributed by atoms with E-state index in [1.165, 1.54) is 0 Å². The Kier molecular flexibility index (Phi) is 3.77. The Morgan fingerprint density at radius 2 is 2.06 bits per heavy atom. The third-order valence-electron chi connectivity index (χ3n) is 2.93. The Bertz CT molecular complexity index is 493. The fourth-order valence-corrected chi connectivity index (χ4v) is 1.92. The van der Waals surface area contributed by atoms with Gasteiger partial charge in [0.2, 0.25) is 0 Å². The summed E-state index contributed by atoms with van der Waals surface area (Å²) in [7, 11) is 0. The van der Waals surface area contributed by atoms with Crippen LogP contribution in [0.3, 0.4) is 0 Å². The van der Waals surface area contributed by atoms with Gasteiger partial charge in [-0.25, -0.2) is 0 Å². The summed E-state index contributed by atoms with van der Waals surface area (Å²) in [5, 5.41) is 4.12. The minimum Gasteiger partial charge on any atom is -0.311 e. The van der Waals surface area contributed by atoms with Crippen molar-refractivity contribution in [1.82, 2.24) is 9.78 Å². The Morgan fingerprint density at radius 3 is 2.61 bits per heavy atom. The van der Waals surface area contributed by atoms with Gasteiger partial charge in [0.15, 0.2) is 0 Å². The Morgan fingerprint density at radius 1 is 1.33 bits per heavy atom. The molecule has 0 bridgehead atoms. The normalized spacial score (nSPS) is 12.1. The molecule has 1 heterocycles. The van der Waals surface area contributed by atoms with Crippen LogP contribution in [0.2, 0.25) is 0 Å². The minimum atomic E-state index is -0.292. The van der Waals surface area contributed by atoms with Crippen molar-refractivity contribution in [1.29, 1.82) is 0 Å². The maximum atomic E-state index is 12.4. The number of aromatic nitrogens is 2. The molecule has 0 radical (unpaired) electrons. The van der Waals surface area contributed by atoms with Crippen LogP contribution in [-0.4, -0.2) is 22.2 Å². The maximum absolute atomic E-state index is 12.4. The molecule has 2 aromatic rings. The predicted octanol–water partition coefficient (Wildman–Crippen LogP) is 2.50. The van der Waals surface area contributed by atoms with Crippen molar-refractivity contribution in [3.8, 4) is 0 Å². The van der Waals surface area contributed by atoms with Crippen LogP contribution in [0.5, 0.6) is 0 Å². The molecule has 1 aromatic carbocycles. The molecule has 1 atom stereocenters. The summed E-state index contributed by atoms with van der Waals surface area (Å²) in [6.45, 7) is 4.48. The van der Waals surface area contributed by atoms with E-state index in [1.807, 2.05) is 50.2 Å². The lowest BCUT2D eigenvalue weighted by Crippen LogP contribution is -2.36. The molecule has 2 rings (SSSR count). The zero-order valence-electron chi connectivity index (χ0n) is 10.7. The minimum absolute atomic E-state index is 0.0485. The van der Waals surface area contributed by atoms with Gasteiger partial charge in [0, 0.05) is 24.6 Å². The first-order valence-electron chi connectivity index (χ1n) is 6.09. The van der Waals surface area contributed by atoms with Crippen LogP contribution in [0.4, 0.5) is 5.69 Å². The predicted molar refractivity (Wildman–Crippen MR) is 71.4 cm³/mol. The summed E-state index contributed by atoms with van der Waals surface area (Å²) in [4.78, 5) is 14.2. The summed E-state index contributed by atoms with van der Waals surface area (Å²) in [5.74, 6) is 0.0485. The highest BCUT2D eigenvalue weighted by Crippen LogP contribution is 2.17. The first kappa shape index (κ1) is 12.4. The van der Waals surface area contributed by atoms with Gasteiger partial charge in [-0.1, -0.05) is 18.2 Å². The van der Waals surface area contributed by atoms with E-state index in [0.717, 1.165) is 5.69 Å². The van der Waals surface area contributed by atoms with E-state index in [1.54, 1.807) is 22.0 Å². The van der Waals surface area contributed by atoms with E-state index in [-0.39, 0.29) is 11.9 Å². The molecule has 0 fully saturated rings. The van der Waals surface area contributed by atoms with Crippen molar-refractivity contribution >= 4 is 11.6 Å². The molecule has 1 amide bonds. The monoisotopic (exact) mass is 243 g/mol. The smallest absolute Gasteiger partial charge is 0.251 e. The fourth-order valence-electron chi connectivity index (χ4n) is 1.92. The van der Waals surface area contributed by atoms with Crippen LogP contribution in [0, 0.1) is 0 Å². The van der Waals surface area contributed by atoms with E-state index in [0.29, 0.717) is 6.54 Å². The number of carbonyl (C=O) groups excluding carboxylic acids is 1. The summed E-state index contributed by atoms with van der Waals surface area (Å²) in [6.07, 6.45) is 3.49. The van der Waals surface area contributed by atoms with Crippen LogP contribution < -0.4 is 4.90 Å². The quantitative estimate of drug-likeness (QED) is 0.827. The van der Waals surface area contributed by atoms with Crippen LogP contribution in [0.25, 0.3) is 0 Å². The number of para-hydroxylation sites is 1. The number of hydrogen-bond donors (Lipinski definition) is 0. The largest absolute Gasteiger partial charge is 0.311 e. The highest BCUT2D eigenvalue weighted by molar-refractivity contribution is 5.95. The number of nitrogens with zero attached hydrogens (tertiary/aromatic N) is 3. The molecule has 0 aliphatic heterocycles. The third kappa shape index (κ3) is 2.42. The summed E-state index contributed by atoms with van der Waals surface area (Å²) in [5.41, 5.74) is 0.920. The lowest BCUT2D eigenvalue weighted by atomic mass is 10.2. The first-order chi connectivity index (χ1) is 8.74. The number of hydrogen-bond acceptors (Lipinski definition) is 2. The molecule has 4 heteroatoms. The standard InChI is InChI=1S/C14H17N3O/c1-3-16(13-8-5-4-6-9-13)14(18)12(2)17-11-7-10-15-17/h4-12H,3H2,1-2H3. The van der Waals surface area contributed by atoms with Gasteiger partial charge in [0.1, 0.15) is 6.04 Å². The molecule has 0 spiro atoms. The average molecular weight is 243 g/mol. The van der Waals surface area contributed by atoms with Crippen LogP contribution in [0.1, 0.15) is 19.9 Å². The molecule has 4 nitrogen and oxygen atoms in total. The zero-order valence-corrected chi connectivity index (χ0v) is 10.7. The van der Waals surface area contributed by atoms with Gasteiger partial charge in [-0.2, -0.15) is 5.10 Å². The SMILES string of the molecule is CCN(C(=O)C(C)n1cccn1)c1ccccc1. The fraction of sp³-hybridized carbons (Fsp3) is 0.286. The third-order valence-corrected chi connectivity index (χ3v) is 2.93. The number of amides is 1. The summed E-state index contributed by atoms with van der Waals surface area (Å²) in [6, 6.07) is 11.2. The molecule has 1 aromatic heterocycles. The van der Waals surface area contributed by atoms with E-state index >= 15 is 0 Å². The van der Waals surface area contributed by atoms with Gasteiger partial charge in [0.25, 0.3) is 5.91 Å². The number of likely N-dealkylation sites (N-methyl/N-ethyl adjacent to an activating group) is 1. The van der Waals surface area contributed by atoms with Gasteiger partial charge in [0.05, 0.1) is 0 Å². The van der Waals surface area contributed by atoms with Crippen molar-refractivity contribution in [2.75, 3.05) is 11.4 Å². The van der Waals surface area contributed by atoms with E-state index in [4.69, 9.17) is 0 Å². The van der Waals surface area contributed by atoms with Gasteiger partial charge in [-0.05, 0) is 32.0 Å². The Labute approximate surface area is 107 Å². The van der Waals surface area contributed by atoms with Crippen molar-refractivity contribution in [3.63, 3.8) is 0 Å². The highest BCUT2D eigenvalue weighted by atomic mass is 16.2. The van der Waals surface area contributed by atoms with Crippen LogP contribution >= 0.6 is 0 Å². The lowest BCUT2D eigenvalue weighted by Gasteiger charge is -2.24. The molecular weight excluding hydrogens is 226 g/mol. The van der Waals surface area contributed by atoms with Gasteiger partial charge in [-0.3, -0.25) is 9.48 Å². The highest BCUT2D eigenvalue weighted by Gasteiger charge is 2.21. The maximum Gasteiger partial charge on any atom is 0.251 e. The van der Waals surface area contributed by atoms with E-state index in [2.05, 4.69) is 5.10 Å². The number of benzene rings is 1. The number of anilines is 1. The van der Waals surface area contributed by atoms with Gasteiger partial charge < -0.3 is 4.90 Å². The molecular formula is C14H17N3O. The second-order valence-corrected chi connectivity index (χ2v) is 4.08. The second kappa shape index (κ2) is 5.49. The van der Waals surface area contributed by atoms with Crippen molar-refractivity contribution < 1.29 is 4.79 Å². The molecule has 0 saturated carbocycles. The van der Waals surface area contributed by atoms with Crippen molar-refractivity contribution in [2.45, 2.75) is 19.9 Å². The topological polar surface area (TPSA) is 38.1 Å². The molecule has 0 aliphatic carbocycles. The summed E-state index contributed by atoms with van der Waals surface area (Å²) < 4.78 is 1.67. The van der Waals surface area contributed by atoms with Crippen LogP contribution in [-0.2, 0) is 4.79 Å². The average Bonchev–Trinajstić information content (AvgIpc) is 2.94. The Balaban J connectivity index is 2.21. The van der Waals surface area contributed by atoms with Crippen molar-refractivity contribution in [3.05, 3.63) is 48.8 Å². The van der Waals surface area contributed by atoms with E-state index in [9.17, 15) is 4.79 Å². The lowest BCUT2D eigenvalue weighted by molar-refractivity contribution is -0.121. The zero-order chi connectivity index (χ0) is 13.0. The summed E-state index contributed by atoms with van der Waals surface area (Å²) >= 11 is 0. The number of carbonyl (C=O) groups is 1. The van der Waals surface area contributed by atoms with Crippen molar-refractivity contribution in [2.24, 2.45) is 0 Å². The van der Waals surface area contributed by atoms with Crippen LogP contribution in [0.15, 0.2) is 48.8 Å². The van der Waals surface area contributed by atoms with Gasteiger partial charge in [-0.15, -0.1) is 0 Å². The van der Waals surface area contributed by atoms with Gasteiger partial charge >= 0.3 is 0 Å². The molecule has 0 N–H and O–H groups in total. The first-order valence-corrected chi connectivity index (χ1v) is 6.09.